The monoisotopic (exact) mass is 243 g/mol. The Morgan fingerprint density at radius 3 is 2.59 bits per heavy atom. The highest BCUT2D eigenvalue weighted by atomic mass is 19.3. The zero-order chi connectivity index (χ0) is 13.1. The largest absolute Gasteiger partial charge is 0.478 e. The van der Waals surface area contributed by atoms with E-state index in [4.69, 9.17) is 5.11 Å². The summed E-state index contributed by atoms with van der Waals surface area (Å²) in [6.45, 7) is 0.240. The number of carbonyl (C=O) groups is 1. The van der Waals surface area contributed by atoms with Gasteiger partial charge in [-0.15, -0.1) is 0 Å². The first-order valence-electron chi connectivity index (χ1n) is 5.19. The van der Waals surface area contributed by atoms with E-state index in [9.17, 15) is 13.6 Å². The number of aromatic carboxylic acids is 1. The molecule has 0 fully saturated rings. The van der Waals surface area contributed by atoms with Crippen LogP contribution in [0.25, 0.3) is 0 Å². The van der Waals surface area contributed by atoms with Crippen LogP contribution < -0.4 is 0 Å². The Bertz CT molecular complexity index is 405. The number of benzene rings is 1. The minimum atomic E-state index is -3.00. The van der Waals surface area contributed by atoms with Crippen LogP contribution in [-0.4, -0.2) is 36.6 Å². The van der Waals surface area contributed by atoms with E-state index in [1.165, 1.54) is 18.2 Å². The number of hydrogen-bond acceptors (Lipinski definition) is 2. The zero-order valence-electron chi connectivity index (χ0n) is 9.78. The van der Waals surface area contributed by atoms with E-state index in [0.29, 0.717) is 0 Å². The highest BCUT2D eigenvalue weighted by molar-refractivity contribution is 5.87. The molecule has 0 aliphatic rings. The Kier molecular flexibility index (Phi) is 4.17. The highest BCUT2D eigenvalue weighted by Crippen LogP contribution is 2.32. The summed E-state index contributed by atoms with van der Waals surface area (Å²) >= 11 is 0. The van der Waals surface area contributed by atoms with Crippen LogP contribution in [0.5, 0.6) is 0 Å². The Balaban J connectivity index is 2.90. The van der Waals surface area contributed by atoms with Crippen LogP contribution in [0.2, 0.25) is 0 Å². The van der Waals surface area contributed by atoms with Crippen molar-refractivity contribution >= 4 is 5.97 Å². The van der Waals surface area contributed by atoms with Crippen LogP contribution in [0.3, 0.4) is 0 Å². The first-order valence-corrected chi connectivity index (χ1v) is 5.19. The molecular weight excluding hydrogens is 228 g/mol. The van der Waals surface area contributed by atoms with Gasteiger partial charge in [0.2, 0.25) is 0 Å². The highest BCUT2D eigenvalue weighted by Gasteiger charge is 2.31. The molecule has 0 atom stereocenters. The lowest BCUT2D eigenvalue weighted by molar-refractivity contribution is -0.0188. The predicted octanol–water partition coefficient (Wildman–Crippen LogP) is 2.43. The molecule has 0 amide bonds. The second kappa shape index (κ2) is 5.23. The van der Waals surface area contributed by atoms with E-state index >= 15 is 0 Å². The summed E-state index contributed by atoms with van der Waals surface area (Å²) in [4.78, 5) is 12.4. The van der Waals surface area contributed by atoms with Crippen LogP contribution in [0.15, 0.2) is 24.3 Å². The topological polar surface area (TPSA) is 40.5 Å². The molecule has 1 N–H and O–H groups in total. The molecule has 1 aromatic rings. The Morgan fingerprint density at radius 2 is 2.06 bits per heavy atom. The van der Waals surface area contributed by atoms with Crippen LogP contribution >= 0.6 is 0 Å². The third-order valence-electron chi connectivity index (χ3n) is 2.40. The summed E-state index contributed by atoms with van der Waals surface area (Å²) in [6.07, 6.45) is -0.330. The maximum Gasteiger partial charge on any atom is 0.335 e. The quantitative estimate of drug-likeness (QED) is 0.863. The Labute approximate surface area is 98.7 Å². The summed E-state index contributed by atoms with van der Waals surface area (Å²) in [5.74, 6) is -4.20. The molecule has 94 valence electrons. The minimum Gasteiger partial charge on any atom is -0.478 e. The van der Waals surface area contributed by atoms with E-state index in [-0.39, 0.29) is 24.1 Å². The molecule has 0 radical (unpaired) electrons. The molecule has 17 heavy (non-hydrogen) atoms. The number of carboxylic acids is 1. The molecule has 0 aliphatic heterocycles. The fraction of sp³-hybridized carbons (Fsp3) is 0.417. The van der Waals surface area contributed by atoms with E-state index in [0.717, 1.165) is 6.07 Å². The molecule has 3 nitrogen and oxygen atoms in total. The number of carboxylic acid groups (broad SMARTS) is 1. The number of nitrogens with zero attached hydrogens (tertiary/aromatic N) is 1. The van der Waals surface area contributed by atoms with Gasteiger partial charge in [0.05, 0.1) is 5.56 Å². The van der Waals surface area contributed by atoms with Crippen molar-refractivity contribution in [3.8, 4) is 0 Å². The van der Waals surface area contributed by atoms with E-state index < -0.39 is 11.9 Å². The fourth-order valence-electron chi connectivity index (χ4n) is 1.39. The number of alkyl halides is 2. The molecule has 0 unspecified atom stereocenters. The molecule has 0 aromatic heterocycles. The number of rotatable bonds is 5. The summed E-state index contributed by atoms with van der Waals surface area (Å²) < 4.78 is 27.5. The van der Waals surface area contributed by atoms with Gasteiger partial charge < -0.3 is 10.0 Å². The lowest BCUT2D eigenvalue weighted by Crippen LogP contribution is -2.23. The summed E-state index contributed by atoms with van der Waals surface area (Å²) in [5, 5.41) is 8.74. The Hall–Kier alpha value is -1.49. The van der Waals surface area contributed by atoms with Gasteiger partial charge in [0.1, 0.15) is 0 Å². The van der Waals surface area contributed by atoms with Gasteiger partial charge in [0, 0.05) is 18.5 Å². The third-order valence-corrected chi connectivity index (χ3v) is 2.40. The minimum absolute atomic E-state index is 0.118. The molecule has 0 aliphatic carbocycles. The molecule has 0 bridgehead atoms. The summed E-state index contributed by atoms with van der Waals surface area (Å²) in [7, 11) is 3.42. The summed E-state index contributed by atoms with van der Waals surface area (Å²) in [6, 6.07) is 4.91. The predicted molar refractivity (Wildman–Crippen MR) is 60.5 cm³/mol. The van der Waals surface area contributed by atoms with Gasteiger partial charge in [-0.25, -0.2) is 13.6 Å². The molecule has 0 heterocycles. The SMILES string of the molecule is CN(C)CCC(F)(F)c1cccc(C(=O)O)c1. The molecule has 1 aromatic carbocycles. The maximum atomic E-state index is 13.7. The van der Waals surface area contributed by atoms with E-state index in [1.807, 2.05) is 0 Å². The average molecular weight is 243 g/mol. The van der Waals surface area contributed by atoms with Crippen molar-refractivity contribution in [3.05, 3.63) is 35.4 Å². The smallest absolute Gasteiger partial charge is 0.335 e. The average Bonchev–Trinajstić information content (AvgIpc) is 2.27. The van der Waals surface area contributed by atoms with Gasteiger partial charge in [0.15, 0.2) is 0 Å². The molecule has 0 saturated carbocycles. The van der Waals surface area contributed by atoms with Gasteiger partial charge in [-0.2, -0.15) is 0 Å². The lowest BCUT2D eigenvalue weighted by atomic mass is 10.0. The summed E-state index contributed by atoms with van der Waals surface area (Å²) in [5.41, 5.74) is -0.369. The van der Waals surface area contributed by atoms with Gasteiger partial charge in [0.25, 0.3) is 5.92 Å². The van der Waals surface area contributed by atoms with Gasteiger partial charge in [-0.1, -0.05) is 12.1 Å². The zero-order valence-corrected chi connectivity index (χ0v) is 9.78. The molecule has 0 spiro atoms. The van der Waals surface area contributed by atoms with Crippen molar-refractivity contribution in [1.82, 2.24) is 4.90 Å². The fourth-order valence-corrected chi connectivity index (χ4v) is 1.39. The van der Waals surface area contributed by atoms with E-state index in [2.05, 4.69) is 0 Å². The van der Waals surface area contributed by atoms with Crippen molar-refractivity contribution in [2.45, 2.75) is 12.3 Å². The molecule has 5 heteroatoms. The Morgan fingerprint density at radius 1 is 1.41 bits per heavy atom. The standard InChI is InChI=1S/C12H15F2NO2/c1-15(2)7-6-12(13,14)10-5-3-4-9(8-10)11(16)17/h3-5,8H,6-7H2,1-2H3,(H,16,17). The second-order valence-electron chi connectivity index (χ2n) is 4.14. The maximum absolute atomic E-state index is 13.7. The molecule has 0 saturated heterocycles. The van der Waals surface area contributed by atoms with Gasteiger partial charge in [-0.3, -0.25) is 0 Å². The lowest BCUT2D eigenvalue weighted by Gasteiger charge is -2.19. The van der Waals surface area contributed by atoms with Crippen LogP contribution in [0.1, 0.15) is 22.3 Å². The van der Waals surface area contributed by atoms with Gasteiger partial charge >= 0.3 is 5.97 Å². The van der Waals surface area contributed by atoms with Crippen molar-refractivity contribution in [1.29, 1.82) is 0 Å². The van der Waals surface area contributed by atoms with Crippen LogP contribution in [0, 0.1) is 0 Å². The molecule has 1 rings (SSSR count). The van der Waals surface area contributed by atoms with Crippen molar-refractivity contribution < 1.29 is 18.7 Å². The second-order valence-corrected chi connectivity index (χ2v) is 4.14. The first-order chi connectivity index (χ1) is 7.83. The van der Waals surface area contributed by atoms with Crippen molar-refractivity contribution in [3.63, 3.8) is 0 Å². The van der Waals surface area contributed by atoms with Crippen LogP contribution in [0.4, 0.5) is 8.78 Å². The first kappa shape index (κ1) is 13.6. The number of hydrogen-bond donors (Lipinski definition) is 1. The van der Waals surface area contributed by atoms with Gasteiger partial charge in [-0.05, 0) is 26.2 Å². The van der Waals surface area contributed by atoms with Crippen molar-refractivity contribution in [2.24, 2.45) is 0 Å². The third kappa shape index (κ3) is 3.78. The molecular formula is C12H15F2NO2. The normalized spacial score (nSPS) is 11.8. The number of halogens is 2. The van der Waals surface area contributed by atoms with E-state index in [1.54, 1.807) is 19.0 Å². The van der Waals surface area contributed by atoms with Crippen molar-refractivity contribution in [2.75, 3.05) is 20.6 Å². The van der Waals surface area contributed by atoms with Crippen LogP contribution in [-0.2, 0) is 5.92 Å².